The van der Waals surface area contributed by atoms with Crippen molar-refractivity contribution in [3.8, 4) is 0 Å². The van der Waals surface area contributed by atoms with Crippen molar-refractivity contribution in [3.05, 3.63) is 56.4 Å². The van der Waals surface area contributed by atoms with Crippen LogP contribution in [0.4, 0.5) is 4.39 Å². The third-order valence-corrected chi connectivity index (χ3v) is 5.17. The maximum atomic E-state index is 13.6. The second-order valence-corrected chi connectivity index (χ2v) is 7.35. The molecule has 0 aliphatic carbocycles. The van der Waals surface area contributed by atoms with Crippen molar-refractivity contribution >= 4 is 57.2 Å². The van der Waals surface area contributed by atoms with Crippen LogP contribution in [0.15, 0.2) is 45.2 Å². The number of aliphatic hydroxyl groups is 1. The molecule has 25 heavy (non-hydrogen) atoms. The van der Waals surface area contributed by atoms with Crippen molar-refractivity contribution in [1.82, 2.24) is 10.6 Å². The molecule has 4 nitrogen and oxygen atoms in total. The normalized spacial score (nSPS) is 13.7. The molecule has 1 atom stereocenters. The summed E-state index contributed by atoms with van der Waals surface area (Å²) in [6.45, 7) is 5.10. The number of rotatable bonds is 6. The molecule has 0 aliphatic rings. The Morgan fingerprint density at radius 3 is 2.72 bits per heavy atom. The largest absolute Gasteiger partial charge is 0.383 e. The Morgan fingerprint density at radius 2 is 2.12 bits per heavy atom. The van der Waals surface area contributed by atoms with E-state index in [1.165, 1.54) is 17.4 Å². The third kappa shape index (κ3) is 6.84. The zero-order valence-corrected chi connectivity index (χ0v) is 18.8. The zero-order valence-electron chi connectivity index (χ0n) is 14.1. The van der Waals surface area contributed by atoms with Gasteiger partial charge in [0, 0.05) is 11.4 Å². The molecule has 2 aromatic rings. The highest BCUT2D eigenvalue weighted by Gasteiger charge is 2.24. The average molecular weight is 542 g/mol. The summed E-state index contributed by atoms with van der Waals surface area (Å²) < 4.78 is 14.0. The molecule has 3 N–H and O–H groups in total. The van der Waals surface area contributed by atoms with Crippen LogP contribution >= 0.6 is 51.2 Å². The maximum absolute atomic E-state index is 13.6. The summed E-state index contributed by atoms with van der Waals surface area (Å²) in [4.78, 5) is 5.33. The van der Waals surface area contributed by atoms with Gasteiger partial charge in [-0.2, -0.15) is 0 Å². The van der Waals surface area contributed by atoms with Gasteiger partial charge in [-0.15, -0.1) is 35.3 Å². The number of guanidine groups is 1. The number of benzene rings is 1. The van der Waals surface area contributed by atoms with E-state index in [9.17, 15) is 9.50 Å². The quantitative estimate of drug-likeness (QED) is 0.291. The monoisotopic (exact) mass is 541 g/mol. The van der Waals surface area contributed by atoms with E-state index in [2.05, 4.69) is 31.6 Å². The van der Waals surface area contributed by atoms with Gasteiger partial charge in [0.25, 0.3) is 0 Å². The van der Waals surface area contributed by atoms with Crippen molar-refractivity contribution in [2.45, 2.75) is 26.0 Å². The number of aliphatic imine (C=N–C) groups is 1. The predicted octanol–water partition coefficient (Wildman–Crippen LogP) is 4.23. The summed E-state index contributed by atoms with van der Waals surface area (Å²) in [6.07, 6.45) is 0. The summed E-state index contributed by atoms with van der Waals surface area (Å²) in [6, 6.07) is 8.76. The molecule has 0 bridgehead atoms. The fraction of sp³-hybridized carbons (Fsp3) is 0.353. The van der Waals surface area contributed by atoms with Gasteiger partial charge in [0.2, 0.25) is 0 Å². The van der Waals surface area contributed by atoms with E-state index in [0.717, 1.165) is 10.4 Å². The number of hydrogen-bond acceptors (Lipinski definition) is 3. The van der Waals surface area contributed by atoms with E-state index in [4.69, 9.17) is 0 Å². The minimum atomic E-state index is -0.978. The smallest absolute Gasteiger partial charge is 0.191 e. The molecule has 0 aliphatic heterocycles. The number of nitrogens with one attached hydrogen (secondary N) is 2. The zero-order chi connectivity index (χ0) is 17.6. The third-order valence-electron chi connectivity index (χ3n) is 3.40. The lowest BCUT2D eigenvalue weighted by molar-refractivity contribution is 0.0655. The van der Waals surface area contributed by atoms with Crippen LogP contribution in [0.2, 0.25) is 0 Å². The first kappa shape index (κ1) is 22.3. The first-order valence-corrected chi connectivity index (χ1v) is 9.32. The van der Waals surface area contributed by atoms with Gasteiger partial charge in [-0.25, -0.2) is 9.38 Å². The molecular formula is C17H22BrFIN3OS. The van der Waals surface area contributed by atoms with Gasteiger partial charge in [0.1, 0.15) is 11.4 Å². The summed E-state index contributed by atoms with van der Waals surface area (Å²) in [5.41, 5.74) is -0.202. The van der Waals surface area contributed by atoms with Crippen LogP contribution in [0.3, 0.4) is 0 Å². The minimum Gasteiger partial charge on any atom is -0.383 e. The lowest BCUT2D eigenvalue weighted by Crippen LogP contribution is -2.44. The topological polar surface area (TPSA) is 56.7 Å². The fourth-order valence-corrected chi connectivity index (χ4v) is 3.11. The fourth-order valence-electron chi connectivity index (χ4n) is 2.08. The molecule has 0 fully saturated rings. The Balaban J connectivity index is 0.00000312. The predicted molar refractivity (Wildman–Crippen MR) is 116 cm³/mol. The number of thiophene rings is 1. The van der Waals surface area contributed by atoms with Crippen LogP contribution < -0.4 is 10.6 Å². The number of hydrogen-bond donors (Lipinski definition) is 3. The van der Waals surface area contributed by atoms with Gasteiger partial charge < -0.3 is 15.7 Å². The van der Waals surface area contributed by atoms with Gasteiger partial charge in [0.05, 0.1) is 17.6 Å². The number of halogens is 3. The molecule has 1 aromatic heterocycles. The Bertz CT molecular complexity index is 695. The summed E-state index contributed by atoms with van der Waals surface area (Å²) >= 11 is 4.65. The van der Waals surface area contributed by atoms with Crippen molar-refractivity contribution in [2.24, 2.45) is 4.99 Å². The van der Waals surface area contributed by atoms with Crippen LogP contribution in [-0.2, 0) is 12.1 Å². The highest BCUT2D eigenvalue weighted by atomic mass is 127. The second-order valence-electron chi connectivity index (χ2n) is 5.55. The lowest BCUT2D eigenvalue weighted by atomic mass is 10.1. The molecule has 138 valence electrons. The molecule has 0 saturated carbocycles. The van der Waals surface area contributed by atoms with Crippen molar-refractivity contribution in [3.63, 3.8) is 0 Å². The molecule has 2 rings (SSSR count). The van der Waals surface area contributed by atoms with E-state index in [0.29, 0.717) is 30.1 Å². The van der Waals surface area contributed by atoms with Crippen molar-refractivity contribution in [1.29, 1.82) is 0 Å². The molecule has 8 heteroatoms. The Labute approximate surface area is 177 Å². The Hall–Kier alpha value is -0.710. The molecule has 1 heterocycles. The number of nitrogens with zero attached hydrogens (tertiary/aromatic N) is 1. The molecule has 1 aromatic carbocycles. The van der Waals surface area contributed by atoms with Crippen LogP contribution in [0.1, 0.15) is 24.3 Å². The summed E-state index contributed by atoms with van der Waals surface area (Å²) in [7, 11) is 0. The first-order chi connectivity index (χ1) is 11.4. The molecular weight excluding hydrogens is 520 g/mol. The minimum absolute atomic E-state index is 0. The molecule has 1 unspecified atom stereocenters. The van der Waals surface area contributed by atoms with E-state index >= 15 is 0 Å². The highest BCUT2D eigenvalue weighted by molar-refractivity contribution is 14.0. The van der Waals surface area contributed by atoms with E-state index in [-0.39, 0.29) is 29.8 Å². The molecule has 0 saturated heterocycles. The second kappa shape index (κ2) is 10.4. The average Bonchev–Trinajstić information content (AvgIpc) is 3.09. The van der Waals surface area contributed by atoms with Crippen LogP contribution in [-0.4, -0.2) is 24.2 Å². The van der Waals surface area contributed by atoms with Gasteiger partial charge >= 0.3 is 0 Å². The van der Waals surface area contributed by atoms with Crippen molar-refractivity contribution < 1.29 is 9.50 Å². The molecule has 0 spiro atoms. The standard InChI is InChI=1S/C17H21BrFN3OS.HI/c1-3-20-16(21-10-12-6-7-13(18)14(19)9-12)22-11-17(2,23)15-5-4-8-24-15;/h4-9,23H,3,10-11H2,1-2H3,(H2,20,21,22);1H. The van der Waals surface area contributed by atoms with Crippen molar-refractivity contribution in [2.75, 3.05) is 13.1 Å². The maximum Gasteiger partial charge on any atom is 0.191 e. The van der Waals surface area contributed by atoms with Gasteiger partial charge in [0.15, 0.2) is 5.96 Å². The van der Waals surface area contributed by atoms with E-state index in [1.807, 2.05) is 30.5 Å². The summed E-state index contributed by atoms with van der Waals surface area (Å²) in [5, 5.41) is 18.8. The van der Waals surface area contributed by atoms with Gasteiger partial charge in [-0.1, -0.05) is 12.1 Å². The Kier molecular flexibility index (Phi) is 9.33. The first-order valence-electron chi connectivity index (χ1n) is 7.65. The summed E-state index contributed by atoms with van der Waals surface area (Å²) in [5.74, 6) is 0.277. The lowest BCUT2D eigenvalue weighted by Gasteiger charge is -2.23. The SMILES string of the molecule is CCNC(=NCc1ccc(Br)c(F)c1)NCC(C)(O)c1cccs1.I. The van der Waals surface area contributed by atoms with E-state index < -0.39 is 5.60 Å². The Morgan fingerprint density at radius 1 is 1.36 bits per heavy atom. The van der Waals surface area contributed by atoms with Crippen LogP contribution in [0.5, 0.6) is 0 Å². The van der Waals surface area contributed by atoms with Crippen LogP contribution in [0.25, 0.3) is 0 Å². The van der Waals surface area contributed by atoms with Gasteiger partial charge in [-0.05, 0) is 58.9 Å². The van der Waals surface area contributed by atoms with E-state index in [1.54, 1.807) is 13.0 Å². The highest BCUT2D eigenvalue weighted by Crippen LogP contribution is 2.24. The molecule has 0 amide bonds. The van der Waals surface area contributed by atoms with Crippen LogP contribution in [0, 0.1) is 5.82 Å². The molecule has 0 radical (unpaired) electrons. The van der Waals surface area contributed by atoms with Gasteiger partial charge in [-0.3, -0.25) is 0 Å².